The van der Waals surface area contributed by atoms with Crippen molar-refractivity contribution in [3.05, 3.63) is 30.1 Å². The zero-order chi connectivity index (χ0) is 16.2. The summed E-state index contributed by atoms with van der Waals surface area (Å²) >= 11 is 9.97. The second kappa shape index (κ2) is 12.9. The van der Waals surface area contributed by atoms with E-state index in [2.05, 4.69) is 36.0 Å². The molecule has 1 radical (unpaired) electrons. The van der Waals surface area contributed by atoms with Gasteiger partial charge in [0.2, 0.25) is 0 Å². The number of hydrogen-bond acceptors (Lipinski definition) is 7. The van der Waals surface area contributed by atoms with Crippen molar-refractivity contribution in [2.45, 2.75) is 13.8 Å². The van der Waals surface area contributed by atoms with E-state index in [0.717, 1.165) is 0 Å². The molecule has 0 unspecified atom stereocenters. The number of amidine groups is 2. The van der Waals surface area contributed by atoms with Crippen molar-refractivity contribution < 1.29 is 17.1 Å². The molecule has 0 saturated carbocycles. The monoisotopic (exact) mass is 398 g/mol. The van der Waals surface area contributed by atoms with Crippen molar-refractivity contribution in [2.75, 3.05) is 13.1 Å². The quantitative estimate of drug-likeness (QED) is 0.243. The Hall–Kier alpha value is -1.61. The van der Waals surface area contributed by atoms with Crippen LogP contribution in [0.5, 0.6) is 0 Å². The number of pyridine rings is 1. The third-order valence-corrected chi connectivity index (χ3v) is 2.59. The van der Waals surface area contributed by atoms with Crippen LogP contribution >= 0.6 is 0 Å². The molecule has 127 valence electrons. The predicted octanol–water partition coefficient (Wildman–Crippen LogP) is 0.794. The van der Waals surface area contributed by atoms with Gasteiger partial charge in [0.05, 0.1) is 11.9 Å². The van der Waals surface area contributed by atoms with E-state index in [1.807, 2.05) is 26.0 Å². The fraction of sp³-hybridized carbons (Fsp3) is 0.308. The minimum absolute atomic E-state index is 0. The molecule has 2 N–H and O–H groups in total. The minimum atomic E-state index is 0. The Kier molecular flexibility index (Phi) is 12.0. The van der Waals surface area contributed by atoms with Gasteiger partial charge in [-0.1, -0.05) is 6.07 Å². The van der Waals surface area contributed by atoms with E-state index >= 15 is 0 Å². The van der Waals surface area contributed by atoms with Crippen LogP contribution in [0.1, 0.15) is 19.5 Å². The summed E-state index contributed by atoms with van der Waals surface area (Å²) in [7, 11) is 0. The van der Waals surface area contributed by atoms with Gasteiger partial charge in [-0.2, -0.15) is 10.2 Å². The maximum absolute atomic E-state index is 5.01. The number of hydrogen-bond donors (Lipinski definition) is 2. The molecule has 10 heteroatoms. The van der Waals surface area contributed by atoms with Crippen LogP contribution < -0.4 is 10.9 Å². The molecule has 1 aromatic heterocycles. The van der Waals surface area contributed by atoms with Crippen LogP contribution in [0.2, 0.25) is 0 Å². The van der Waals surface area contributed by atoms with E-state index in [1.165, 1.54) is 6.21 Å². The average molecular weight is 399 g/mol. The molecule has 7 nitrogen and oxygen atoms in total. The molecule has 0 spiro atoms. The number of hydrazone groups is 2. The summed E-state index contributed by atoms with van der Waals surface area (Å²) in [6.07, 6.45) is 3.15. The Bertz CT molecular complexity index is 573. The Balaban J connectivity index is 0.00000484. The van der Waals surface area contributed by atoms with Crippen LogP contribution in [0.3, 0.4) is 0 Å². The third-order valence-electron chi connectivity index (χ3n) is 2.15. The van der Waals surface area contributed by atoms with Crippen molar-refractivity contribution in [1.82, 2.24) is 15.8 Å². The molecular weight excluding hydrogens is 382 g/mol. The minimum Gasteiger partial charge on any atom is -0.741 e. The number of nitrogens with one attached hydrogen (secondary N) is 2. The Morgan fingerprint density at radius 1 is 1.13 bits per heavy atom. The van der Waals surface area contributed by atoms with Gasteiger partial charge >= 0.3 is 17.1 Å². The molecule has 0 aliphatic rings. The zero-order valence-electron chi connectivity index (χ0n) is 12.7. The zero-order valence-corrected chi connectivity index (χ0v) is 15.2. The molecule has 0 aliphatic carbocycles. The second-order valence-corrected chi connectivity index (χ2v) is 4.53. The molecular formula is C13H17CuN7S2. The Morgan fingerprint density at radius 3 is 2.35 bits per heavy atom. The topological polar surface area (TPSA) is 86.4 Å². The second-order valence-electron chi connectivity index (χ2n) is 3.75. The summed E-state index contributed by atoms with van der Waals surface area (Å²) in [5.74, 6) is 0. The van der Waals surface area contributed by atoms with Crippen LogP contribution in [0.25, 0.3) is 0 Å². The normalized spacial score (nSPS) is 12.9. The average Bonchev–Trinajstić information content (AvgIpc) is 2.52. The van der Waals surface area contributed by atoms with Crippen molar-refractivity contribution in [3.8, 4) is 0 Å². The molecule has 0 bridgehead atoms. The fourth-order valence-electron chi connectivity index (χ4n) is 1.28. The fourth-order valence-corrected chi connectivity index (χ4v) is 1.64. The summed E-state index contributed by atoms with van der Waals surface area (Å²) in [4.78, 5) is 12.2. The first kappa shape index (κ1) is 21.4. The van der Waals surface area contributed by atoms with Crippen molar-refractivity contribution >= 4 is 47.5 Å². The molecule has 0 aliphatic heterocycles. The van der Waals surface area contributed by atoms with Gasteiger partial charge < -0.3 is 25.3 Å². The van der Waals surface area contributed by atoms with Gasteiger partial charge in [0.25, 0.3) is 0 Å². The van der Waals surface area contributed by atoms with Gasteiger partial charge in [-0.3, -0.25) is 25.8 Å². The van der Waals surface area contributed by atoms with Gasteiger partial charge in [-0.25, -0.2) is 0 Å². The van der Waals surface area contributed by atoms with E-state index in [1.54, 1.807) is 12.3 Å². The number of rotatable bonds is 6. The molecule has 1 rings (SSSR count). The van der Waals surface area contributed by atoms with Gasteiger partial charge in [0, 0.05) is 19.3 Å². The molecule has 1 aromatic rings. The summed E-state index contributed by atoms with van der Waals surface area (Å²) < 4.78 is 0. The third kappa shape index (κ3) is 9.19. The van der Waals surface area contributed by atoms with Crippen LogP contribution in [0, 0.1) is 0 Å². The van der Waals surface area contributed by atoms with Crippen molar-refractivity contribution in [1.29, 1.82) is 0 Å². The van der Waals surface area contributed by atoms with Crippen molar-refractivity contribution in [2.24, 2.45) is 20.2 Å². The molecule has 0 amide bonds. The summed E-state index contributed by atoms with van der Waals surface area (Å²) in [5.41, 5.74) is 6.45. The molecule has 0 saturated heterocycles. The maximum Gasteiger partial charge on any atom is 2.00 e. The van der Waals surface area contributed by atoms with E-state index in [9.17, 15) is 0 Å². The van der Waals surface area contributed by atoms with E-state index in [0.29, 0.717) is 34.8 Å². The SMILES string of the molecule is CCN=C([S-])N/N=C/C(=N/NC([S-])=NCC)c1ccccn1.[Cu+2]. The molecule has 23 heavy (non-hydrogen) atoms. The summed E-state index contributed by atoms with van der Waals surface area (Å²) in [5, 5.41) is 8.77. The first-order valence-electron chi connectivity index (χ1n) is 6.64. The summed E-state index contributed by atoms with van der Waals surface area (Å²) in [6.45, 7) is 4.96. The molecule has 0 fully saturated rings. The standard InChI is InChI=1S/C13H19N7S2.Cu/c1-3-14-12(21)19-17-9-11(10-7-5-6-8-16-10)18-20-13(22)15-4-2;/h5-9H,3-4H2,1-2H3,(H2,14,19,21)(H2,15,20,22);/q;+2/p-2/b17-9+,18-11-;. The van der Waals surface area contributed by atoms with Gasteiger partial charge in [-0.15, -0.1) is 0 Å². The first-order valence-corrected chi connectivity index (χ1v) is 7.46. The number of aromatic nitrogens is 1. The predicted molar refractivity (Wildman–Crippen MR) is 96.2 cm³/mol. The van der Waals surface area contributed by atoms with Crippen LogP contribution in [0.15, 0.2) is 44.6 Å². The molecule has 0 atom stereocenters. The van der Waals surface area contributed by atoms with Gasteiger partial charge in [0.1, 0.15) is 5.71 Å². The Morgan fingerprint density at radius 2 is 1.78 bits per heavy atom. The summed E-state index contributed by atoms with van der Waals surface area (Å²) in [6, 6.07) is 5.47. The van der Waals surface area contributed by atoms with E-state index in [4.69, 9.17) is 25.3 Å². The smallest absolute Gasteiger partial charge is 0.741 e. The van der Waals surface area contributed by atoms with Crippen molar-refractivity contribution in [3.63, 3.8) is 0 Å². The Labute approximate surface area is 157 Å². The molecule has 1 heterocycles. The number of nitrogens with zero attached hydrogens (tertiary/aromatic N) is 5. The van der Waals surface area contributed by atoms with Gasteiger partial charge in [-0.05, 0) is 36.3 Å². The van der Waals surface area contributed by atoms with E-state index in [-0.39, 0.29) is 17.1 Å². The number of aliphatic imine (C=N–C) groups is 2. The van der Waals surface area contributed by atoms with Crippen LogP contribution in [0.4, 0.5) is 0 Å². The first-order chi connectivity index (χ1) is 10.7. The maximum atomic E-state index is 5.01. The molecule has 0 aromatic carbocycles. The van der Waals surface area contributed by atoms with Crippen LogP contribution in [-0.2, 0) is 42.3 Å². The van der Waals surface area contributed by atoms with E-state index < -0.39 is 0 Å². The largest absolute Gasteiger partial charge is 2.00 e. The van der Waals surface area contributed by atoms with Gasteiger partial charge in [0.15, 0.2) is 0 Å². The van der Waals surface area contributed by atoms with Crippen LogP contribution in [-0.4, -0.2) is 40.3 Å².